The number of imidazole rings is 1. The molecule has 1 rings (SSSR count). The summed E-state index contributed by atoms with van der Waals surface area (Å²) in [5.74, 6) is 0.670. The minimum atomic E-state index is 0.475. The Hall–Kier alpha value is -1.45. The Bertz CT molecular complexity index is 398. The van der Waals surface area contributed by atoms with Crippen LogP contribution in [-0.2, 0) is 7.05 Å². The van der Waals surface area contributed by atoms with Crippen molar-refractivity contribution in [2.75, 3.05) is 0 Å². The molecule has 0 atom stereocenters. The molecule has 1 aromatic rings. The molecular formula is C10H16N4. The SMILES string of the molecule is CC(=N)C(C)=Nc1nc(C)c(C)n1C. The number of rotatable bonds is 2. The van der Waals surface area contributed by atoms with E-state index in [-0.39, 0.29) is 0 Å². The van der Waals surface area contributed by atoms with Crippen LogP contribution in [0.2, 0.25) is 0 Å². The first-order chi connectivity index (χ1) is 6.43. The maximum absolute atomic E-state index is 7.41. The van der Waals surface area contributed by atoms with Crippen molar-refractivity contribution in [3.05, 3.63) is 11.4 Å². The average molecular weight is 192 g/mol. The summed E-state index contributed by atoms with van der Waals surface area (Å²) in [6, 6.07) is 0. The van der Waals surface area contributed by atoms with Crippen LogP contribution < -0.4 is 0 Å². The van der Waals surface area contributed by atoms with Crippen LogP contribution in [0.3, 0.4) is 0 Å². The number of nitrogens with one attached hydrogen (secondary N) is 1. The number of aromatic nitrogens is 2. The summed E-state index contributed by atoms with van der Waals surface area (Å²) in [4.78, 5) is 8.59. The van der Waals surface area contributed by atoms with Crippen molar-refractivity contribution >= 4 is 17.4 Å². The van der Waals surface area contributed by atoms with E-state index in [4.69, 9.17) is 5.41 Å². The van der Waals surface area contributed by atoms with Crippen LogP contribution in [0.5, 0.6) is 0 Å². The van der Waals surface area contributed by atoms with Crippen LogP contribution in [0.4, 0.5) is 5.95 Å². The van der Waals surface area contributed by atoms with Crippen molar-refractivity contribution in [1.82, 2.24) is 9.55 Å². The summed E-state index contributed by atoms with van der Waals surface area (Å²) in [5, 5.41) is 7.41. The highest BCUT2D eigenvalue weighted by Gasteiger charge is 2.06. The fraction of sp³-hybridized carbons (Fsp3) is 0.500. The van der Waals surface area contributed by atoms with Gasteiger partial charge in [-0.05, 0) is 27.7 Å². The highest BCUT2D eigenvalue weighted by molar-refractivity contribution is 6.39. The van der Waals surface area contributed by atoms with Crippen LogP contribution >= 0.6 is 0 Å². The van der Waals surface area contributed by atoms with Crippen molar-refractivity contribution in [2.45, 2.75) is 27.7 Å². The summed E-state index contributed by atoms with van der Waals surface area (Å²) in [5.41, 5.74) is 3.28. The van der Waals surface area contributed by atoms with E-state index < -0.39 is 0 Å². The molecule has 0 saturated carbocycles. The maximum atomic E-state index is 7.41. The third-order valence-corrected chi connectivity index (χ3v) is 2.40. The zero-order chi connectivity index (χ0) is 10.9. The van der Waals surface area contributed by atoms with Gasteiger partial charge in [0.1, 0.15) is 0 Å². The number of hydrogen-bond acceptors (Lipinski definition) is 3. The van der Waals surface area contributed by atoms with Gasteiger partial charge in [0.2, 0.25) is 5.95 Å². The third-order valence-electron chi connectivity index (χ3n) is 2.40. The number of nitrogens with zero attached hydrogens (tertiary/aromatic N) is 3. The molecule has 0 spiro atoms. The van der Waals surface area contributed by atoms with E-state index in [1.54, 1.807) is 6.92 Å². The zero-order valence-electron chi connectivity index (χ0n) is 9.34. The largest absolute Gasteiger partial charge is 0.316 e. The predicted octanol–water partition coefficient (Wildman–Crippen LogP) is 2.17. The molecular weight excluding hydrogens is 176 g/mol. The van der Waals surface area contributed by atoms with Gasteiger partial charge in [0.05, 0.1) is 11.4 Å². The van der Waals surface area contributed by atoms with Gasteiger partial charge in [-0.3, -0.25) is 0 Å². The van der Waals surface area contributed by atoms with E-state index in [2.05, 4.69) is 9.98 Å². The average Bonchev–Trinajstić information content (AvgIpc) is 2.33. The van der Waals surface area contributed by atoms with E-state index in [9.17, 15) is 0 Å². The lowest BCUT2D eigenvalue weighted by Crippen LogP contribution is -2.03. The van der Waals surface area contributed by atoms with Crippen molar-refractivity contribution < 1.29 is 0 Å². The fourth-order valence-electron chi connectivity index (χ4n) is 1.03. The molecule has 0 unspecified atom stereocenters. The molecule has 0 aliphatic rings. The highest BCUT2D eigenvalue weighted by atomic mass is 15.2. The van der Waals surface area contributed by atoms with Gasteiger partial charge in [0, 0.05) is 18.5 Å². The summed E-state index contributed by atoms with van der Waals surface area (Å²) < 4.78 is 1.93. The van der Waals surface area contributed by atoms with Crippen molar-refractivity contribution in [2.24, 2.45) is 12.0 Å². The summed E-state index contributed by atoms with van der Waals surface area (Å²) in [6.45, 7) is 7.51. The predicted molar refractivity (Wildman–Crippen MR) is 58.9 cm³/mol. The third kappa shape index (κ3) is 1.89. The second-order valence-electron chi connectivity index (χ2n) is 3.46. The molecule has 14 heavy (non-hydrogen) atoms. The minimum Gasteiger partial charge on any atom is -0.316 e. The van der Waals surface area contributed by atoms with Crippen LogP contribution in [0, 0.1) is 19.3 Å². The van der Waals surface area contributed by atoms with Gasteiger partial charge in [-0.2, -0.15) is 0 Å². The van der Waals surface area contributed by atoms with Crippen molar-refractivity contribution in [3.63, 3.8) is 0 Å². The lowest BCUT2D eigenvalue weighted by atomic mass is 10.3. The molecule has 0 saturated heterocycles. The Morgan fingerprint density at radius 2 is 1.93 bits per heavy atom. The topological polar surface area (TPSA) is 54.0 Å². The quantitative estimate of drug-likeness (QED) is 0.717. The molecule has 4 nitrogen and oxygen atoms in total. The molecule has 0 radical (unpaired) electrons. The molecule has 0 bridgehead atoms. The molecule has 1 aromatic heterocycles. The van der Waals surface area contributed by atoms with Crippen LogP contribution in [0.1, 0.15) is 25.2 Å². The van der Waals surface area contributed by atoms with Gasteiger partial charge < -0.3 is 9.98 Å². The molecule has 0 aliphatic carbocycles. The van der Waals surface area contributed by atoms with Crippen LogP contribution in [0.15, 0.2) is 4.99 Å². The van der Waals surface area contributed by atoms with Gasteiger partial charge in [-0.1, -0.05) is 0 Å². The second-order valence-corrected chi connectivity index (χ2v) is 3.46. The summed E-state index contributed by atoms with van der Waals surface area (Å²) >= 11 is 0. The van der Waals surface area contributed by atoms with Crippen LogP contribution in [-0.4, -0.2) is 21.0 Å². The van der Waals surface area contributed by atoms with E-state index in [0.717, 1.165) is 11.4 Å². The van der Waals surface area contributed by atoms with E-state index in [1.807, 2.05) is 32.4 Å². The molecule has 76 valence electrons. The van der Waals surface area contributed by atoms with E-state index >= 15 is 0 Å². The lowest BCUT2D eigenvalue weighted by Gasteiger charge is -1.99. The minimum absolute atomic E-state index is 0.475. The first-order valence-electron chi connectivity index (χ1n) is 4.54. The Balaban J connectivity index is 3.16. The Labute approximate surface area is 84.2 Å². The zero-order valence-corrected chi connectivity index (χ0v) is 9.34. The Kier molecular flexibility index (Phi) is 2.84. The molecule has 1 N–H and O–H groups in total. The van der Waals surface area contributed by atoms with Crippen LogP contribution in [0.25, 0.3) is 0 Å². The maximum Gasteiger partial charge on any atom is 0.229 e. The van der Waals surface area contributed by atoms with Gasteiger partial charge in [-0.25, -0.2) is 9.98 Å². The van der Waals surface area contributed by atoms with Gasteiger partial charge >= 0.3 is 0 Å². The molecule has 0 aliphatic heterocycles. The highest BCUT2D eigenvalue weighted by Crippen LogP contribution is 2.15. The molecule has 0 fully saturated rings. The Morgan fingerprint density at radius 1 is 1.36 bits per heavy atom. The first kappa shape index (κ1) is 10.6. The van der Waals surface area contributed by atoms with Crippen molar-refractivity contribution in [1.29, 1.82) is 5.41 Å². The number of aliphatic imine (C=N–C) groups is 1. The molecule has 4 heteroatoms. The van der Waals surface area contributed by atoms with Gasteiger partial charge in [0.25, 0.3) is 0 Å². The molecule has 0 aromatic carbocycles. The smallest absolute Gasteiger partial charge is 0.229 e. The lowest BCUT2D eigenvalue weighted by molar-refractivity contribution is 0.871. The number of hydrogen-bond donors (Lipinski definition) is 1. The van der Waals surface area contributed by atoms with Crippen molar-refractivity contribution in [3.8, 4) is 0 Å². The van der Waals surface area contributed by atoms with E-state index in [1.165, 1.54) is 0 Å². The van der Waals surface area contributed by atoms with Gasteiger partial charge in [0.15, 0.2) is 0 Å². The molecule has 1 heterocycles. The van der Waals surface area contributed by atoms with E-state index in [0.29, 0.717) is 17.4 Å². The first-order valence-corrected chi connectivity index (χ1v) is 4.54. The summed E-state index contributed by atoms with van der Waals surface area (Å²) in [6.07, 6.45) is 0. The normalized spacial score (nSPS) is 11.9. The summed E-state index contributed by atoms with van der Waals surface area (Å²) in [7, 11) is 1.93. The number of aryl methyl sites for hydroxylation is 1. The standard InChI is InChI=1S/C10H16N4/c1-6(11)7(2)12-10-13-8(3)9(4)14(10)5/h11H,1-5H3. The van der Waals surface area contributed by atoms with Gasteiger partial charge in [-0.15, -0.1) is 0 Å². The molecule has 0 amide bonds. The Morgan fingerprint density at radius 3 is 2.29 bits per heavy atom. The monoisotopic (exact) mass is 192 g/mol. The second kappa shape index (κ2) is 3.74. The fourth-order valence-corrected chi connectivity index (χ4v) is 1.03.